The molecule has 3 aliphatic rings. The first kappa shape index (κ1) is 4.13. The summed E-state index contributed by atoms with van der Waals surface area (Å²) in [5, 5.41) is 3.85. The molecule has 0 N–H and O–H groups in total. The van der Waals surface area contributed by atoms with Gasteiger partial charge in [0.2, 0.25) is 0 Å². The van der Waals surface area contributed by atoms with Crippen molar-refractivity contribution < 1.29 is 4.84 Å². The van der Waals surface area contributed by atoms with Crippen molar-refractivity contribution in [2.45, 2.75) is 19.3 Å². The van der Waals surface area contributed by atoms with Crippen LogP contribution in [0.4, 0.5) is 0 Å². The van der Waals surface area contributed by atoms with Crippen molar-refractivity contribution in [2.75, 3.05) is 0 Å². The highest BCUT2D eigenvalue weighted by atomic mass is 16.6. The number of nitrogens with zero attached hydrogens (tertiary/aromatic N) is 1. The summed E-state index contributed by atoms with van der Waals surface area (Å²) in [7, 11) is 0. The molecule has 2 nitrogen and oxygen atoms in total. The zero-order valence-electron chi connectivity index (χ0n) is 4.55. The molecular formula is C6H7NO. The smallest absolute Gasteiger partial charge is 0.131 e. The summed E-state index contributed by atoms with van der Waals surface area (Å²) in [6.07, 6.45) is 5.31. The van der Waals surface area contributed by atoms with Crippen LogP contribution in [0.15, 0.2) is 17.0 Å². The molecule has 0 aromatic heterocycles. The number of oxime groups is 1. The van der Waals surface area contributed by atoms with Gasteiger partial charge < -0.3 is 4.84 Å². The van der Waals surface area contributed by atoms with Gasteiger partial charge >= 0.3 is 0 Å². The molecule has 0 atom stereocenters. The Hall–Kier alpha value is -0.790. The Kier molecular flexibility index (Phi) is 0.692. The molecule has 2 heteroatoms. The molecule has 0 saturated heterocycles. The molecule has 0 spiro atoms. The Bertz CT molecular complexity index is 149. The van der Waals surface area contributed by atoms with E-state index in [1.165, 1.54) is 5.71 Å². The molecule has 0 amide bonds. The van der Waals surface area contributed by atoms with E-state index in [2.05, 4.69) is 11.2 Å². The van der Waals surface area contributed by atoms with Crippen molar-refractivity contribution >= 4 is 5.71 Å². The van der Waals surface area contributed by atoms with Crippen LogP contribution in [0.25, 0.3) is 0 Å². The molecule has 42 valence electrons. The zero-order chi connectivity index (χ0) is 5.40. The van der Waals surface area contributed by atoms with E-state index in [4.69, 9.17) is 4.84 Å². The number of fused-ring (bicyclic) bond motifs is 3. The molecule has 8 heavy (non-hydrogen) atoms. The molecule has 2 bridgehead atoms. The van der Waals surface area contributed by atoms with Crippen molar-refractivity contribution in [2.24, 2.45) is 5.16 Å². The van der Waals surface area contributed by atoms with E-state index in [9.17, 15) is 0 Å². The highest BCUT2D eigenvalue weighted by molar-refractivity contribution is 5.87. The van der Waals surface area contributed by atoms with Gasteiger partial charge in [0.25, 0.3) is 0 Å². The Labute approximate surface area is 47.8 Å². The molecule has 0 aromatic rings. The molecule has 0 aromatic carbocycles. The minimum atomic E-state index is 1.02. The Morgan fingerprint density at radius 2 is 2.50 bits per heavy atom. The van der Waals surface area contributed by atoms with E-state index in [0.717, 1.165) is 25.0 Å². The fourth-order valence-electron chi connectivity index (χ4n) is 0.992. The number of rotatable bonds is 0. The van der Waals surface area contributed by atoms with Gasteiger partial charge in [0.1, 0.15) is 5.76 Å². The van der Waals surface area contributed by atoms with Crippen molar-refractivity contribution in [3.63, 3.8) is 0 Å². The van der Waals surface area contributed by atoms with Crippen LogP contribution in [-0.2, 0) is 4.84 Å². The summed E-state index contributed by atoms with van der Waals surface area (Å²) in [6.45, 7) is 0. The van der Waals surface area contributed by atoms with E-state index in [0.29, 0.717) is 0 Å². The maximum absolute atomic E-state index is 4.93. The van der Waals surface area contributed by atoms with Gasteiger partial charge in [0.15, 0.2) is 0 Å². The first-order valence-electron chi connectivity index (χ1n) is 2.87. The highest BCUT2D eigenvalue weighted by Gasteiger charge is 2.15. The first-order chi connectivity index (χ1) is 3.95. The van der Waals surface area contributed by atoms with Crippen LogP contribution in [0.3, 0.4) is 0 Å². The van der Waals surface area contributed by atoms with Crippen LogP contribution in [0, 0.1) is 0 Å². The van der Waals surface area contributed by atoms with Crippen LogP contribution in [0.5, 0.6) is 0 Å². The Balaban J connectivity index is 2.36. The number of allylic oxidation sites excluding steroid dienone is 2. The lowest BCUT2D eigenvalue weighted by molar-refractivity contribution is 0.197. The predicted octanol–water partition coefficient (Wildman–Crippen LogP) is 1.44. The van der Waals surface area contributed by atoms with E-state index in [1.54, 1.807) is 0 Å². The molecular weight excluding hydrogens is 102 g/mol. The normalized spacial score (nSPS) is 24.0. The van der Waals surface area contributed by atoms with Crippen molar-refractivity contribution in [3.05, 3.63) is 11.8 Å². The minimum absolute atomic E-state index is 1.02. The molecule has 1 aliphatic carbocycles. The summed E-state index contributed by atoms with van der Waals surface area (Å²) in [6, 6.07) is 0. The fraction of sp³-hybridized carbons (Fsp3) is 0.500. The van der Waals surface area contributed by atoms with Gasteiger partial charge in [-0.1, -0.05) is 5.16 Å². The Morgan fingerprint density at radius 1 is 1.50 bits per heavy atom. The van der Waals surface area contributed by atoms with E-state index >= 15 is 0 Å². The van der Waals surface area contributed by atoms with Gasteiger partial charge in [-0.25, -0.2) is 0 Å². The second-order valence-corrected chi connectivity index (χ2v) is 2.12. The summed E-state index contributed by atoms with van der Waals surface area (Å²) in [5.74, 6) is 1.06. The van der Waals surface area contributed by atoms with Gasteiger partial charge in [0.05, 0.1) is 5.71 Å². The van der Waals surface area contributed by atoms with Gasteiger partial charge in [-0.05, 0) is 12.5 Å². The monoisotopic (exact) mass is 109 g/mol. The molecule has 2 aliphatic heterocycles. The van der Waals surface area contributed by atoms with Gasteiger partial charge in [-0.2, -0.15) is 0 Å². The summed E-state index contributed by atoms with van der Waals surface area (Å²) in [4.78, 5) is 4.93. The van der Waals surface area contributed by atoms with Crippen molar-refractivity contribution in [1.82, 2.24) is 0 Å². The van der Waals surface area contributed by atoms with E-state index < -0.39 is 0 Å². The Morgan fingerprint density at radius 3 is 2.62 bits per heavy atom. The third kappa shape index (κ3) is 0.457. The lowest BCUT2D eigenvalue weighted by atomic mass is 10.0. The predicted molar refractivity (Wildman–Crippen MR) is 30.5 cm³/mol. The van der Waals surface area contributed by atoms with Crippen LogP contribution in [0.2, 0.25) is 0 Å². The maximum atomic E-state index is 4.93. The van der Waals surface area contributed by atoms with E-state index in [1.807, 2.05) is 0 Å². The first-order valence-corrected chi connectivity index (χ1v) is 2.87. The molecule has 0 fully saturated rings. The number of hydrogen-bond donors (Lipinski definition) is 0. The van der Waals surface area contributed by atoms with Crippen LogP contribution in [-0.4, -0.2) is 5.71 Å². The topological polar surface area (TPSA) is 21.6 Å². The lowest BCUT2D eigenvalue weighted by Crippen LogP contribution is -2.11. The zero-order valence-corrected chi connectivity index (χ0v) is 4.55. The highest BCUT2D eigenvalue weighted by Crippen LogP contribution is 2.22. The third-order valence-corrected chi connectivity index (χ3v) is 1.52. The molecule has 2 heterocycles. The summed E-state index contributed by atoms with van der Waals surface area (Å²) in [5.41, 5.74) is 1.19. The molecule has 0 saturated carbocycles. The van der Waals surface area contributed by atoms with Crippen LogP contribution in [0.1, 0.15) is 19.3 Å². The SMILES string of the molecule is C1=C2CCC(=NO2)C1. The standard InChI is InChI=1S/C6H7NO/c1-3-6-4-2-5(1)7-8-6/h3H,1-2,4H2. The van der Waals surface area contributed by atoms with Crippen LogP contribution < -0.4 is 0 Å². The minimum Gasteiger partial charge on any atom is -0.362 e. The van der Waals surface area contributed by atoms with E-state index in [-0.39, 0.29) is 0 Å². The quantitative estimate of drug-likeness (QED) is 0.461. The number of hydrogen-bond acceptors (Lipinski definition) is 2. The summed E-state index contributed by atoms with van der Waals surface area (Å²) < 4.78 is 0. The largest absolute Gasteiger partial charge is 0.362 e. The van der Waals surface area contributed by atoms with Gasteiger partial charge in [-0.15, -0.1) is 0 Å². The third-order valence-electron chi connectivity index (χ3n) is 1.52. The second kappa shape index (κ2) is 1.34. The molecule has 3 rings (SSSR count). The maximum Gasteiger partial charge on any atom is 0.131 e. The van der Waals surface area contributed by atoms with Crippen molar-refractivity contribution in [1.29, 1.82) is 0 Å². The average molecular weight is 109 g/mol. The van der Waals surface area contributed by atoms with Crippen molar-refractivity contribution in [3.8, 4) is 0 Å². The summed E-state index contributed by atoms with van der Waals surface area (Å²) >= 11 is 0. The second-order valence-electron chi connectivity index (χ2n) is 2.12. The van der Waals surface area contributed by atoms with Crippen LogP contribution >= 0.6 is 0 Å². The van der Waals surface area contributed by atoms with Gasteiger partial charge in [0, 0.05) is 12.8 Å². The fourth-order valence-corrected chi connectivity index (χ4v) is 0.992. The van der Waals surface area contributed by atoms with Gasteiger partial charge in [-0.3, -0.25) is 0 Å². The average Bonchev–Trinajstić information content (AvgIpc) is 1.92. The molecule has 0 unspecified atom stereocenters. The lowest BCUT2D eigenvalue weighted by Gasteiger charge is -2.17. The molecule has 0 radical (unpaired) electrons.